The molecule has 0 saturated heterocycles. The predicted molar refractivity (Wildman–Crippen MR) is 83.0 cm³/mol. The molecule has 1 aromatic carbocycles. The summed E-state index contributed by atoms with van der Waals surface area (Å²) in [5.41, 5.74) is -2.31. The average molecular weight is 328 g/mol. The summed E-state index contributed by atoms with van der Waals surface area (Å²) >= 11 is 0. The number of hydrogen-bond acceptors (Lipinski definition) is 5. The fourth-order valence-electron chi connectivity index (χ4n) is 2.85. The molecule has 0 amide bonds. The smallest absolute Gasteiger partial charge is 0.204 e. The Labute approximate surface area is 131 Å². The molecular weight excluding hydrogens is 304 g/mol. The van der Waals surface area contributed by atoms with Crippen LogP contribution in [-0.2, 0) is 9.84 Å². The van der Waals surface area contributed by atoms with E-state index in [1.807, 2.05) is 6.92 Å². The van der Waals surface area contributed by atoms with Gasteiger partial charge in [-0.1, -0.05) is 31.5 Å². The van der Waals surface area contributed by atoms with Crippen molar-refractivity contribution in [3.8, 4) is 0 Å². The molecule has 124 valence electrons. The van der Waals surface area contributed by atoms with Gasteiger partial charge in [-0.3, -0.25) is 0 Å². The molecule has 5 nitrogen and oxygen atoms in total. The fraction of sp³-hybridized carbons (Fsp3) is 0.625. The lowest BCUT2D eigenvalue weighted by atomic mass is 10.0. The first-order valence-corrected chi connectivity index (χ1v) is 8.97. The van der Waals surface area contributed by atoms with E-state index in [0.29, 0.717) is 6.42 Å². The van der Waals surface area contributed by atoms with Crippen molar-refractivity contribution in [2.75, 3.05) is 0 Å². The fourth-order valence-corrected chi connectivity index (χ4v) is 4.15. The number of aryl methyl sites for hydroxylation is 1. The van der Waals surface area contributed by atoms with Gasteiger partial charge in [-0.25, -0.2) is 8.42 Å². The summed E-state index contributed by atoms with van der Waals surface area (Å²) in [6.07, 6.45) is -0.183. The quantitative estimate of drug-likeness (QED) is 0.733. The minimum absolute atomic E-state index is 0.0291. The van der Waals surface area contributed by atoms with E-state index < -0.39 is 32.4 Å². The van der Waals surface area contributed by atoms with E-state index in [1.165, 1.54) is 12.1 Å². The van der Waals surface area contributed by atoms with Crippen LogP contribution >= 0.6 is 0 Å². The highest BCUT2D eigenvalue weighted by Gasteiger charge is 2.69. The lowest BCUT2D eigenvalue weighted by molar-refractivity contribution is 0.0639. The molecule has 0 aromatic heterocycles. The molecule has 1 fully saturated rings. The highest BCUT2D eigenvalue weighted by atomic mass is 32.2. The summed E-state index contributed by atoms with van der Waals surface area (Å²) in [6.45, 7) is 5.38. The van der Waals surface area contributed by atoms with Crippen LogP contribution in [0.4, 0.5) is 0 Å². The number of rotatable bonds is 6. The van der Waals surface area contributed by atoms with Gasteiger partial charge >= 0.3 is 0 Å². The monoisotopic (exact) mass is 328 g/mol. The van der Waals surface area contributed by atoms with Gasteiger partial charge in [-0.15, -0.1) is 0 Å². The summed E-state index contributed by atoms with van der Waals surface area (Å²) in [5.74, 6) is 0. The second-order valence-electron chi connectivity index (χ2n) is 6.75. The summed E-state index contributed by atoms with van der Waals surface area (Å²) in [5, 5.41) is 29.9. The van der Waals surface area contributed by atoms with Crippen molar-refractivity contribution in [3.63, 3.8) is 0 Å². The van der Waals surface area contributed by atoms with Crippen molar-refractivity contribution in [1.29, 1.82) is 0 Å². The van der Waals surface area contributed by atoms with Crippen LogP contribution in [0, 0.1) is 12.3 Å². The predicted octanol–water partition coefficient (Wildman–Crippen LogP) is 1.39. The van der Waals surface area contributed by atoms with E-state index in [2.05, 4.69) is 0 Å². The molecule has 0 radical (unpaired) electrons. The molecule has 1 aliphatic rings. The van der Waals surface area contributed by atoms with E-state index in [-0.39, 0.29) is 17.7 Å². The molecule has 1 aromatic rings. The Balaban J connectivity index is 1.95. The third kappa shape index (κ3) is 2.80. The summed E-state index contributed by atoms with van der Waals surface area (Å²) in [7, 11) is -3.78. The van der Waals surface area contributed by atoms with Gasteiger partial charge in [0, 0.05) is 5.41 Å². The maximum Gasteiger partial charge on any atom is 0.204 e. The normalized spacial score (nSPS) is 28.4. The van der Waals surface area contributed by atoms with Crippen LogP contribution in [0.1, 0.15) is 38.7 Å². The molecule has 0 spiro atoms. The van der Waals surface area contributed by atoms with Crippen molar-refractivity contribution >= 4 is 9.84 Å². The van der Waals surface area contributed by atoms with Crippen molar-refractivity contribution in [2.45, 2.75) is 62.1 Å². The number of benzene rings is 1. The minimum Gasteiger partial charge on any atom is -0.389 e. The standard InChI is InChI=1S/C16H24O5S/c1-11-6-8-12(9-7-11)22(20,21)13(17)5-4-10-16(19)14(18)15(16,2)3/h6-9,13-14,17-19H,4-5,10H2,1-3H3. The molecule has 1 aliphatic carbocycles. The number of sulfone groups is 1. The largest absolute Gasteiger partial charge is 0.389 e. The Morgan fingerprint density at radius 3 is 2.18 bits per heavy atom. The van der Waals surface area contributed by atoms with Crippen LogP contribution in [0.15, 0.2) is 29.2 Å². The van der Waals surface area contributed by atoms with Crippen LogP contribution in [0.25, 0.3) is 0 Å². The maximum atomic E-state index is 12.2. The van der Waals surface area contributed by atoms with Gasteiger partial charge in [0.2, 0.25) is 9.84 Å². The Bertz CT molecular complexity index is 635. The van der Waals surface area contributed by atoms with Gasteiger partial charge in [0.25, 0.3) is 0 Å². The lowest BCUT2D eigenvalue weighted by Crippen LogP contribution is -2.23. The Morgan fingerprint density at radius 2 is 1.73 bits per heavy atom. The van der Waals surface area contributed by atoms with Crippen molar-refractivity contribution in [2.24, 2.45) is 5.41 Å². The molecule has 3 atom stereocenters. The molecule has 1 saturated carbocycles. The third-order valence-corrected chi connectivity index (χ3v) is 6.77. The summed E-state index contributed by atoms with van der Waals surface area (Å²) in [4.78, 5) is 0.0936. The van der Waals surface area contributed by atoms with Crippen LogP contribution in [0.5, 0.6) is 0 Å². The molecule has 0 aliphatic heterocycles. The summed E-state index contributed by atoms with van der Waals surface area (Å²) < 4.78 is 24.5. The van der Waals surface area contributed by atoms with Crippen LogP contribution < -0.4 is 0 Å². The second-order valence-corrected chi connectivity index (χ2v) is 8.86. The van der Waals surface area contributed by atoms with Gasteiger partial charge < -0.3 is 15.3 Å². The van der Waals surface area contributed by atoms with Gasteiger partial charge in [-0.2, -0.15) is 0 Å². The van der Waals surface area contributed by atoms with Crippen LogP contribution in [0.3, 0.4) is 0 Å². The molecule has 2 rings (SSSR count). The molecule has 0 heterocycles. The molecule has 0 bridgehead atoms. The molecule has 3 N–H and O–H groups in total. The minimum atomic E-state index is -3.78. The van der Waals surface area contributed by atoms with Crippen molar-refractivity contribution in [1.82, 2.24) is 0 Å². The molecular formula is C16H24O5S. The van der Waals surface area contributed by atoms with E-state index in [0.717, 1.165) is 5.56 Å². The van der Waals surface area contributed by atoms with Gasteiger partial charge in [0.1, 0.15) is 0 Å². The Kier molecular flexibility index (Phi) is 4.43. The number of aliphatic hydroxyl groups excluding tert-OH is 2. The third-order valence-electron chi connectivity index (χ3n) is 4.89. The first kappa shape index (κ1) is 17.4. The highest BCUT2D eigenvalue weighted by Crippen LogP contribution is 2.58. The SMILES string of the molecule is Cc1ccc(S(=O)(=O)C(O)CCCC2(O)C(O)C2(C)C)cc1. The average Bonchev–Trinajstić information content (AvgIpc) is 2.83. The molecule has 22 heavy (non-hydrogen) atoms. The van der Waals surface area contributed by atoms with Crippen molar-refractivity contribution < 1.29 is 23.7 Å². The Morgan fingerprint density at radius 1 is 1.23 bits per heavy atom. The second kappa shape index (κ2) is 5.60. The van der Waals surface area contributed by atoms with E-state index in [4.69, 9.17) is 0 Å². The lowest BCUT2D eigenvalue weighted by Gasteiger charge is -2.15. The van der Waals surface area contributed by atoms with Crippen LogP contribution in [-0.4, -0.2) is 40.9 Å². The number of aliphatic hydroxyl groups is 3. The van der Waals surface area contributed by atoms with E-state index >= 15 is 0 Å². The van der Waals surface area contributed by atoms with Gasteiger partial charge in [0.15, 0.2) is 5.44 Å². The van der Waals surface area contributed by atoms with E-state index in [9.17, 15) is 23.7 Å². The van der Waals surface area contributed by atoms with E-state index in [1.54, 1.807) is 26.0 Å². The summed E-state index contributed by atoms with van der Waals surface area (Å²) in [6, 6.07) is 6.33. The zero-order valence-electron chi connectivity index (χ0n) is 13.2. The molecule has 3 unspecified atom stereocenters. The maximum absolute atomic E-state index is 12.2. The van der Waals surface area contributed by atoms with Crippen LogP contribution in [0.2, 0.25) is 0 Å². The zero-order valence-corrected chi connectivity index (χ0v) is 14.0. The van der Waals surface area contributed by atoms with Gasteiger partial charge in [0.05, 0.1) is 16.6 Å². The van der Waals surface area contributed by atoms with Gasteiger partial charge in [-0.05, 0) is 38.3 Å². The first-order chi connectivity index (χ1) is 10.0. The first-order valence-electron chi connectivity index (χ1n) is 7.42. The number of hydrogen-bond donors (Lipinski definition) is 3. The van der Waals surface area contributed by atoms with Crippen molar-refractivity contribution in [3.05, 3.63) is 29.8 Å². The highest BCUT2D eigenvalue weighted by molar-refractivity contribution is 7.91. The topological polar surface area (TPSA) is 94.8 Å². The zero-order chi connectivity index (χ0) is 16.8. The molecule has 6 heteroatoms. The Hall–Kier alpha value is -0.950.